The molecule has 2 unspecified atom stereocenters. The number of nitrogens with zero attached hydrogens (tertiary/aromatic N) is 1. The first-order chi connectivity index (χ1) is 9.67. The van der Waals surface area contributed by atoms with Gasteiger partial charge in [-0.25, -0.2) is 0 Å². The largest absolute Gasteiger partial charge is 0.381 e. The van der Waals surface area contributed by atoms with Gasteiger partial charge in [-0.15, -0.1) is 11.3 Å². The molecule has 1 aliphatic heterocycles. The fraction of sp³-hybridized carbons (Fsp3) is 0.750. The number of hydrogen-bond donors (Lipinski definition) is 1. The Balaban J connectivity index is 1.93. The molecule has 2 atom stereocenters. The summed E-state index contributed by atoms with van der Waals surface area (Å²) in [7, 11) is 2.24. The third-order valence-electron chi connectivity index (χ3n) is 4.31. The fourth-order valence-corrected chi connectivity index (χ4v) is 3.76. The topological polar surface area (TPSA) is 24.5 Å². The Morgan fingerprint density at radius 1 is 1.55 bits per heavy atom. The molecule has 0 amide bonds. The van der Waals surface area contributed by atoms with Gasteiger partial charge in [0.05, 0.1) is 6.61 Å². The van der Waals surface area contributed by atoms with Gasteiger partial charge in [-0.1, -0.05) is 13.0 Å². The SMILES string of the molecule is CCCNCC1(CN(C)C(C)c2cccs2)CCOC1. The summed E-state index contributed by atoms with van der Waals surface area (Å²) in [6.45, 7) is 9.60. The van der Waals surface area contributed by atoms with Crippen LogP contribution in [0.2, 0.25) is 0 Å². The van der Waals surface area contributed by atoms with Gasteiger partial charge in [-0.05, 0) is 44.8 Å². The van der Waals surface area contributed by atoms with Crippen LogP contribution >= 0.6 is 11.3 Å². The van der Waals surface area contributed by atoms with Crippen molar-refractivity contribution in [1.82, 2.24) is 10.2 Å². The highest BCUT2D eigenvalue weighted by atomic mass is 32.1. The molecule has 4 heteroatoms. The van der Waals surface area contributed by atoms with Gasteiger partial charge in [-0.2, -0.15) is 0 Å². The van der Waals surface area contributed by atoms with E-state index in [1.165, 1.54) is 17.7 Å². The molecule has 2 heterocycles. The van der Waals surface area contributed by atoms with Gasteiger partial charge in [-0.3, -0.25) is 4.90 Å². The maximum absolute atomic E-state index is 5.70. The number of rotatable bonds is 8. The van der Waals surface area contributed by atoms with Crippen molar-refractivity contribution < 1.29 is 4.74 Å². The highest BCUT2D eigenvalue weighted by molar-refractivity contribution is 7.10. The second kappa shape index (κ2) is 7.55. The van der Waals surface area contributed by atoms with Crippen molar-refractivity contribution in [2.45, 2.75) is 32.7 Å². The lowest BCUT2D eigenvalue weighted by molar-refractivity contribution is 0.105. The van der Waals surface area contributed by atoms with Crippen molar-refractivity contribution in [3.63, 3.8) is 0 Å². The molecule has 1 saturated heterocycles. The first-order valence-corrected chi connectivity index (χ1v) is 8.57. The standard InChI is InChI=1S/C16H28N2OS/c1-4-8-17-11-16(7-9-19-13-16)12-18(3)14(2)15-6-5-10-20-15/h5-6,10,14,17H,4,7-9,11-13H2,1-3H3. The summed E-state index contributed by atoms with van der Waals surface area (Å²) in [5.41, 5.74) is 0.287. The lowest BCUT2D eigenvalue weighted by Crippen LogP contribution is -2.44. The van der Waals surface area contributed by atoms with Crippen LogP contribution in [-0.4, -0.2) is 44.8 Å². The van der Waals surface area contributed by atoms with Crippen LogP contribution in [0.4, 0.5) is 0 Å². The molecule has 3 nitrogen and oxygen atoms in total. The van der Waals surface area contributed by atoms with Crippen LogP contribution in [0.15, 0.2) is 17.5 Å². The van der Waals surface area contributed by atoms with E-state index < -0.39 is 0 Å². The van der Waals surface area contributed by atoms with E-state index >= 15 is 0 Å². The molecule has 1 aromatic rings. The molecule has 1 N–H and O–H groups in total. The summed E-state index contributed by atoms with van der Waals surface area (Å²) in [5.74, 6) is 0. The summed E-state index contributed by atoms with van der Waals surface area (Å²) >= 11 is 1.85. The molecule has 2 rings (SSSR count). The van der Waals surface area contributed by atoms with E-state index in [1.807, 2.05) is 11.3 Å². The lowest BCUT2D eigenvalue weighted by atomic mass is 9.86. The molecule has 1 aromatic heterocycles. The van der Waals surface area contributed by atoms with E-state index in [1.54, 1.807) is 0 Å². The van der Waals surface area contributed by atoms with E-state index in [4.69, 9.17) is 4.74 Å². The number of thiophene rings is 1. The van der Waals surface area contributed by atoms with Crippen LogP contribution < -0.4 is 5.32 Å². The average molecular weight is 296 g/mol. The average Bonchev–Trinajstić information content (AvgIpc) is 3.10. The second-order valence-corrected chi connectivity index (χ2v) is 7.07. The zero-order valence-electron chi connectivity index (χ0n) is 13.0. The van der Waals surface area contributed by atoms with Crippen molar-refractivity contribution in [2.24, 2.45) is 5.41 Å². The Bertz CT molecular complexity index is 374. The molecular formula is C16H28N2OS. The fourth-order valence-electron chi connectivity index (χ4n) is 2.91. The van der Waals surface area contributed by atoms with Crippen molar-refractivity contribution >= 4 is 11.3 Å². The van der Waals surface area contributed by atoms with E-state index in [9.17, 15) is 0 Å². The van der Waals surface area contributed by atoms with Gasteiger partial charge in [0.1, 0.15) is 0 Å². The first-order valence-electron chi connectivity index (χ1n) is 7.69. The Labute approximate surface area is 127 Å². The van der Waals surface area contributed by atoms with Crippen LogP contribution in [0.5, 0.6) is 0 Å². The van der Waals surface area contributed by atoms with Gasteiger partial charge in [0.25, 0.3) is 0 Å². The predicted molar refractivity (Wildman–Crippen MR) is 86.4 cm³/mol. The molecule has 0 radical (unpaired) electrons. The minimum atomic E-state index is 0.287. The summed E-state index contributed by atoms with van der Waals surface area (Å²) in [6.07, 6.45) is 2.36. The monoisotopic (exact) mass is 296 g/mol. The predicted octanol–water partition coefficient (Wildman–Crippen LogP) is 3.15. The van der Waals surface area contributed by atoms with Gasteiger partial charge in [0, 0.05) is 36.0 Å². The Morgan fingerprint density at radius 3 is 3.00 bits per heavy atom. The zero-order valence-corrected chi connectivity index (χ0v) is 13.8. The third kappa shape index (κ3) is 4.04. The van der Waals surface area contributed by atoms with Crippen molar-refractivity contribution in [1.29, 1.82) is 0 Å². The molecule has 0 saturated carbocycles. The van der Waals surface area contributed by atoms with E-state index in [0.717, 1.165) is 32.8 Å². The lowest BCUT2D eigenvalue weighted by Gasteiger charge is -2.35. The normalized spacial score (nSPS) is 24.4. The summed E-state index contributed by atoms with van der Waals surface area (Å²) in [6, 6.07) is 4.86. The quantitative estimate of drug-likeness (QED) is 0.746. The molecule has 20 heavy (non-hydrogen) atoms. The molecule has 1 fully saturated rings. The molecule has 0 spiro atoms. The molecule has 114 valence electrons. The van der Waals surface area contributed by atoms with Gasteiger partial charge >= 0.3 is 0 Å². The smallest absolute Gasteiger partial charge is 0.0547 e. The highest BCUT2D eigenvalue weighted by Crippen LogP contribution is 2.32. The van der Waals surface area contributed by atoms with Crippen LogP contribution in [0, 0.1) is 5.41 Å². The van der Waals surface area contributed by atoms with Gasteiger partial charge in [0.2, 0.25) is 0 Å². The van der Waals surface area contributed by atoms with E-state index in [-0.39, 0.29) is 5.41 Å². The second-order valence-electron chi connectivity index (χ2n) is 6.09. The summed E-state index contributed by atoms with van der Waals surface area (Å²) in [4.78, 5) is 3.93. The minimum absolute atomic E-state index is 0.287. The molecule has 0 bridgehead atoms. The van der Waals surface area contributed by atoms with Crippen molar-refractivity contribution in [2.75, 3.05) is 39.9 Å². The van der Waals surface area contributed by atoms with Crippen LogP contribution in [-0.2, 0) is 4.74 Å². The van der Waals surface area contributed by atoms with Crippen LogP contribution in [0.3, 0.4) is 0 Å². The number of ether oxygens (including phenoxy) is 1. The Kier molecular flexibility index (Phi) is 6.02. The molecule has 1 aliphatic rings. The van der Waals surface area contributed by atoms with Crippen LogP contribution in [0.25, 0.3) is 0 Å². The summed E-state index contributed by atoms with van der Waals surface area (Å²) < 4.78 is 5.70. The maximum atomic E-state index is 5.70. The van der Waals surface area contributed by atoms with E-state index in [2.05, 4.69) is 48.6 Å². The summed E-state index contributed by atoms with van der Waals surface area (Å²) in [5, 5.41) is 5.76. The Hall–Kier alpha value is -0.420. The van der Waals surface area contributed by atoms with Gasteiger partial charge < -0.3 is 10.1 Å². The molecule has 0 aliphatic carbocycles. The minimum Gasteiger partial charge on any atom is -0.381 e. The molecular weight excluding hydrogens is 268 g/mol. The van der Waals surface area contributed by atoms with E-state index in [0.29, 0.717) is 6.04 Å². The van der Waals surface area contributed by atoms with Crippen LogP contribution in [0.1, 0.15) is 37.6 Å². The number of nitrogens with one attached hydrogen (secondary N) is 1. The first kappa shape index (κ1) is 16.0. The third-order valence-corrected chi connectivity index (χ3v) is 5.36. The zero-order chi connectivity index (χ0) is 14.4. The maximum Gasteiger partial charge on any atom is 0.0547 e. The molecule has 0 aromatic carbocycles. The van der Waals surface area contributed by atoms with Gasteiger partial charge in [0.15, 0.2) is 0 Å². The number of hydrogen-bond acceptors (Lipinski definition) is 4. The highest BCUT2D eigenvalue weighted by Gasteiger charge is 2.36. The Morgan fingerprint density at radius 2 is 2.40 bits per heavy atom. The van der Waals surface area contributed by atoms with Crippen molar-refractivity contribution in [3.8, 4) is 0 Å². The van der Waals surface area contributed by atoms with Crippen molar-refractivity contribution in [3.05, 3.63) is 22.4 Å².